The summed E-state index contributed by atoms with van der Waals surface area (Å²) in [6.07, 6.45) is 3.10. The largest absolute Gasteiger partial charge is 0.416 e. The Labute approximate surface area is 226 Å². The maximum absolute atomic E-state index is 11.6. The second kappa shape index (κ2) is 10.7. The van der Waals surface area contributed by atoms with Crippen LogP contribution in [0.1, 0.15) is 101 Å². The highest BCUT2D eigenvalue weighted by atomic mass is 28.4. The molecular weight excluding hydrogens is 488 g/mol. The smallest absolute Gasteiger partial charge is 0.200 e. The molecule has 4 heterocycles. The maximum Gasteiger partial charge on any atom is 0.200 e. The van der Waals surface area contributed by atoms with Gasteiger partial charge in [-0.05, 0) is 63.6 Å². The highest BCUT2D eigenvalue weighted by Crippen LogP contribution is 2.48. The van der Waals surface area contributed by atoms with Crippen LogP contribution in [0.25, 0.3) is 0 Å². The predicted molar refractivity (Wildman–Crippen MR) is 146 cm³/mol. The SMILES string of the molecule is CC(C)[Si](OCC[C@@H]1O[C@@H]2C[C@@H]3O[C@@H]4COC(C)(C)O[C@H]4CC[C@H]3O[C@@]2(C)C[C@@]1(C)O)(C(C)C)C(C)C. The van der Waals surface area contributed by atoms with Crippen molar-refractivity contribution in [3.8, 4) is 0 Å². The Morgan fingerprint density at radius 2 is 1.43 bits per heavy atom. The second-order valence-electron chi connectivity index (χ2n) is 14.0. The highest BCUT2D eigenvalue weighted by molar-refractivity contribution is 6.77. The maximum atomic E-state index is 11.6. The summed E-state index contributed by atoms with van der Waals surface area (Å²) in [7, 11) is -1.97. The van der Waals surface area contributed by atoms with Crippen LogP contribution in [0.5, 0.6) is 0 Å². The highest BCUT2D eigenvalue weighted by Gasteiger charge is 2.58. The summed E-state index contributed by atoms with van der Waals surface area (Å²) in [6, 6.07) is 0. The van der Waals surface area contributed by atoms with Gasteiger partial charge in [-0.2, -0.15) is 0 Å². The summed E-state index contributed by atoms with van der Waals surface area (Å²) < 4.78 is 38.9. The van der Waals surface area contributed by atoms with Crippen molar-refractivity contribution >= 4 is 8.32 Å². The van der Waals surface area contributed by atoms with Crippen LogP contribution in [0.4, 0.5) is 0 Å². The summed E-state index contributed by atoms with van der Waals surface area (Å²) >= 11 is 0. The van der Waals surface area contributed by atoms with Crippen molar-refractivity contribution in [1.29, 1.82) is 0 Å². The minimum absolute atomic E-state index is 0.00834. The molecule has 4 fully saturated rings. The lowest BCUT2D eigenvalue weighted by molar-refractivity contribution is -0.331. The van der Waals surface area contributed by atoms with Gasteiger partial charge < -0.3 is 33.2 Å². The van der Waals surface area contributed by atoms with Crippen LogP contribution >= 0.6 is 0 Å². The summed E-state index contributed by atoms with van der Waals surface area (Å²) in [5.41, 5.74) is 0.0501. The van der Waals surface area contributed by atoms with Crippen LogP contribution in [0.3, 0.4) is 0 Å². The van der Waals surface area contributed by atoms with E-state index in [0.29, 0.717) is 42.7 Å². The van der Waals surface area contributed by atoms with E-state index in [2.05, 4.69) is 48.5 Å². The zero-order valence-corrected chi connectivity index (χ0v) is 26.0. The van der Waals surface area contributed by atoms with E-state index in [1.54, 1.807) is 0 Å². The van der Waals surface area contributed by atoms with Crippen LogP contribution in [0.2, 0.25) is 16.6 Å². The van der Waals surface area contributed by atoms with Crippen LogP contribution < -0.4 is 0 Å². The van der Waals surface area contributed by atoms with E-state index >= 15 is 0 Å². The molecule has 0 bridgehead atoms. The minimum Gasteiger partial charge on any atom is -0.416 e. The van der Waals surface area contributed by atoms with Crippen molar-refractivity contribution in [1.82, 2.24) is 0 Å². The van der Waals surface area contributed by atoms with E-state index in [1.807, 2.05) is 20.8 Å². The Morgan fingerprint density at radius 3 is 2.03 bits per heavy atom. The van der Waals surface area contributed by atoms with Crippen molar-refractivity contribution in [3.63, 3.8) is 0 Å². The van der Waals surface area contributed by atoms with Gasteiger partial charge in [0.2, 0.25) is 0 Å². The van der Waals surface area contributed by atoms with E-state index in [1.165, 1.54) is 0 Å². The Hall–Kier alpha value is -0.0631. The Morgan fingerprint density at radius 1 is 0.838 bits per heavy atom. The number of rotatable bonds is 7. The van der Waals surface area contributed by atoms with Crippen molar-refractivity contribution in [2.45, 2.75) is 172 Å². The molecule has 0 aromatic rings. The molecule has 37 heavy (non-hydrogen) atoms. The molecule has 0 saturated carbocycles. The van der Waals surface area contributed by atoms with Gasteiger partial charge in [0.1, 0.15) is 6.10 Å². The van der Waals surface area contributed by atoms with E-state index in [9.17, 15) is 5.11 Å². The fraction of sp³-hybridized carbons (Fsp3) is 1.00. The van der Waals surface area contributed by atoms with E-state index in [-0.39, 0.29) is 36.6 Å². The Kier molecular flexibility index (Phi) is 8.67. The van der Waals surface area contributed by atoms with Gasteiger partial charge in [-0.15, -0.1) is 0 Å². The molecule has 7 nitrogen and oxygen atoms in total. The van der Waals surface area contributed by atoms with Crippen molar-refractivity contribution in [2.75, 3.05) is 13.2 Å². The summed E-state index contributed by atoms with van der Waals surface area (Å²) in [5.74, 6) is -0.584. The molecule has 0 amide bonds. The number of fused-ring (bicyclic) bond motifs is 3. The first-order chi connectivity index (χ1) is 17.1. The lowest BCUT2D eigenvalue weighted by atomic mass is 9.74. The fourth-order valence-electron chi connectivity index (χ4n) is 8.03. The molecule has 216 valence electrons. The molecule has 4 saturated heterocycles. The van der Waals surface area contributed by atoms with Crippen LogP contribution in [-0.2, 0) is 28.1 Å². The minimum atomic E-state index is -1.97. The monoisotopic (exact) mass is 542 g/mol. The van der Waals surface area contributed by atoms with Gasteiger partial charge in [-0.25, -0.2) is 0 Å². The lowest BCUT2D eigenvalue weighted by Gasteiger charge is -2.56. The molecule has 4 rings (SSSR count). The van der Waals surface area contributed by atoms with Crippen LogP contribution in [0, 0.1) is 0 Å². The molecule has 0 radical (unpaired) electrons. The van der Waals surface area contributed by atoms with Gasteiger partial charge in [0.25, 0.3) is 0 Å². The molecule has 0 aliphatic carbocycles. The molecular formula is C29H54O7Si. The van der Waals surface area contributed by atoms with Gasteiger partial charge >= 0.3 is 0 Å². The van der Waals surface area contributed by atoms with Gasteiger partial charge in [0.15, 0.2) is 14.1 Å². The van der Waals surface area contributed by atoms with E-state index in [0.717, 1.165) is 19.3 Å². The Balaban J connectivity index is 1.43. The summed E-state index contributed by atoms with van der Waals surface area (Å²) in [6.45, 7) is 22.9. The topological polar surface area (TPSA) is 75.6 Å². The number of aliphatic hydroxyl groups is 1. The third-order valence-electron chi connectivity index (χ3n) is 9.66. The fourth-order valence-corrected chi connectivity index (χ4v) is 13.5. The zero-order chi connectivity index (χ0) is 27.4. The second-order valence-corrected chi connectivity index (χ2v) is 19.4. The first-order valence-corrected chi connectivity index (χ1v) is 16.9. The van der Waals surface area contributed by atoms with Gasteiger partial charge in [0, 0.05) is 19.4 Å². The van der Waals surface area contributed by atoms with Crippen molar-refractivity contribution in [2.24, 2.45) is 0 Å². The molecule has 0 aromatic heterocycles. The first kappa shape index (κ1) is 29.9. The molecule has 0 unspecified atom stereocenters. The van der Waals surface area contributed by atoms with Crippen molar-refractivity contribution in [3.05, 3.63) is 0 Å². The van der Waals surface area contributed by atoms with E-state index < -0.39 is 25.3 Å². The number of hydrogen-bond acceptors (Lipinski definition) is 7. The quantitative estimate of drug-likeness (QED) is 0.412. The molecule has 8 heteroatoms. The molecule has 8 atom stereocenters. The Bertz CT molecular complexity index is 762. The number of ether oxygens (including phenoxy) is 5. The van der Waals surface area contributed by atoms with Gasteiger partial charge in [-0.1, -0.05) is 41.5 Å². The molecule has 4 aliphatic heterocycles. The average Bonchev–Trinajstić information content (AvgIpc) is 2.91. The third-order valence-corrected chi connectivity index (χ3v) is 15.8. The normalized spacial score (nSPS) is 42.3. The zero-order valence-electron chi connectivity index (χ0n) is 25.0. The first-order valence-electron chi connectivity index (χ1n) is 14.8. The molecule has 4 aliphatic rings. The molecule has 0 aromatic carbocycles. The number of hydrogen-bond donors (Lipinski definition) is 1. The van der Waals surface area contributed by atoms with Gasteiger partial charge in [-0.3, -0.25) is 0 Å². The standard InChI is InChI=1S/C29H54O7Si/c1-18(2)37(19(3)4,20(5)6)32-14-13-25-28(9,30)17-29(10)26(34-25)15-23-21(36-29)11-12-22-24(33-23)16-31-27(7,8)35-22/h18-26,30H,11-17H2,1-10H3/t21-,22+,23+,24-,25+,26-,28-,29+/m1/s1. The molecule has 0 spiro atoms. The van der Waals surface area contributed by atoms with E-state index in [4.69, 9.17) is 28.1 Å². The third kappa shape index (κ3) is 5.87. The van der Waals surface area contributed by atoms with Gasteiger partial charge in [0.05, 0.1) is 48.3 Å². The predicted octanol–water partition coefficient (Wildman–Crippen LogP) is 5.72. The average molecular weight is 543 g/mol. The van der Waals surface area contributed by atoms with Crippen LogP contribution in [0.15, 0.2) is 0 Å². The summed E-state index contributed by atoms with van der Waals surface area (Å²) in [4.78, 5) is 0. The summed E-state index contributed by atoms with van der Waals surface area (Å²) in [5, 5.41) is 11.6. The van der Waals surface area contributed by atoms with Crippen molar-refractivity contribution < 1.29 is 33.2 Å². The van der Waals surface area contributed by atoms with Crippen LogP contribution in [-0.4, -0.2) is 80.3 Å². The lowest BCUT2D eigenvalue weighted by Crippen LogP contribution is -2.66. The molecule has 1 N–H and O–H groups in total.